The second-order valence-electron chi connectivity index (χ2n) is 5.22. The van der Waals surface area contributed by atoms with Crippen LogP contribution in [0.15, 0.2) is 12.1 Å². The van der Waals surface area contributed by atoms with Crippen LogP contribution in [0.3, 0.4) is 0 Å². The Kier molecular flexibility index (Phi) is 6.06. The van der Waals surface area contributed by atoms with Crippen LogP contribution in [0.25, 0.3) is 0 Å². The number of carbonyl (C=O) groups excluding carboxylic acids is 1. The zero-order chi connectivity index (χ0) is 16.5. The molecule has 23 heavy (non-hydrogen) atoms. The molecule has 1 aliphatic rings. The van der Waals surface area contributed by atoms with Gasteiger partial charge in [0.15, 0.2) is 32.0 Å². The summed E-state index contributed by atoms with van der Waals surface area (Å²) in [5.41, 5.74) is -0.331. The molecule has 0 atom stereocenters. The molecule has 0 spiro atoms. The predicted molar refractivity (Wildman–Crippen MR) is 81.9 cm³/mol. The number of amides is 1. The number of halogens is 4. The molecule has 10 heteroatoms. The highest BCUT2D eigenvalue weighted by Crippen LogP contribution is 2.30. The van der Waals surface area contributed by atoms with Crippen LogP contribution in [0.4, 0.5) is 18.9 Å². The summed E-state index contributed by atoms with van der Waals surface area (Å²) in [5.74, 6) is -5.46. The molecule has 0 unspecified atom stereocenters. The third-order valence-electron chi connectivity index (χ3n) is 3.78. The maximum absolute atomic E-state index is 13.2. The van der Waals surface area contributed by atoms with Gasteiger partial charge >= 0.3 is 0 Å². The standard InChI is InChI=1S/C13H15F3N2O3S.ClH/c1-22(20,21)13(2-4-17-5-3-13)12(19)18-8-6-9(14)11(16)10(15)7-8;/h6-7,17H,2-5H2,1H3,(H,18,19);1H. The van der Waals surface area contributed by atoms with Crippen LogP contribution < -0.4 is 10.6 Å². The summed E-state index contributed by atoms with van der Waals surface area (Å²) < 4.78 is 61.6. The van der Waals surface area contributed by atoms with Gasteiger partial charge < -0.3 is 10.6 Å². The van der Waals surface area contributed by atoms with E-state index in [1.165, 1.54) is 0 Å². The third-order valence-corrected chi connectivity index (χ3v) is 5.79. The SMILES string of the molecule is CS(=O)(=O)C1(C(=O)Nc2cc(F)c(F)c(F)c2)CCNCC1.Cl. The van der Waals surface area contributed by atoms with Gasteiger partial charge in [0.25, 0.3) is 0 Å². The van der Waals surface area contributed by atoms with Crippen molar-refractivity contribution in [2.75, 3.05) is 24.7 Å². The van der Waals surface area contributed by atoms with E-state index in [9.17, 15) is 26.4 Å². The topological polar surface area (TPSA) is 75.3 Å². The number of nitrogens with one attached hydrogen (secondary N) is 2. The molecule has 1 saturated heterocycles. The second-order valence-corrected chi connectivity index (χ2v) is 7.55. The normalized spacial score (nSPS) is 17.2. The average Bonchev–Trinajstić information content (AvgIpc) is 2.44. The largest absolute Gasteiger partial charge is 0.325 e. The van der Waals surface area contributed by atoms with Gasteiger partial charge in [0, 0.05) is 24.1 Å². The van der Waals surface area contributed by atoms with Crippen molar-refractivity contribution >= 4 is 33.8 Å². The van der Waals surface area contributed by atoms with E-state index in [-0.39, 0.29) is 30.9 Å². The fraction of sp³-hybridized carbons (Fsp3) is 0.462. The second kappa shape index (κ2) is 7.06. The quantitative estimate of drug-likeness (QED) is 0.791. The first-order chi connectivity index (χ1) is 10.2. The molecular weight excluding hydrogens is 357 g/mol. The highest BCUT2D eigenvalue weighted by molar-refractivity contribution is 7.92. The molecule has 1 aromatic rings. The lowest BCUT2D eigenvalue weighted by Crippen LogP contribution is -2.55. The van der Waals surface area contributed by atoms with E-state index in [0.29, 0.717) is 25.2 Å². The van der Waals surface area contributed by atoms with Gasteiger partial charge in [-0.1, -0.05) is 0 Å². The number of piperidine rings is 1. The first-order valence-electron chi connectivity index (χ1n) is 6.54. The van der Waals surface area contributed by atoms with Crippen LogP contribution in [0, 0.1) is 17.5 Å². The monoisotopic (exact) mass is 372 g/mol. The first kappa shape index (κ1) is 19.7. The van der Waals surface area contributed by atoms with E-state index in [4.69, 9.17) is 0 Å². The zero-order valence-electron chi connectivity index (χ0n) is 12.2. The minimum Gasteiger partial charge on any atom is -0.325 e. The van der Waals surface area contributed by atoms with Crippen molar-refractivity contribution in [3.8, 4) is 0 Å². The summed E-state index contributed by atoms with van der Waals surface area (Å²) >= 11 is 0. The Bertz CT molecular complexity index is 683. The van der Waals surface area contributed by atoms with Gasteiger partial charge in [-0.3, -0.25) is 4.79 Å². The lowest BCUT2D eigenvalue weighted by Gasteiger charge is -2.34. The van der Waals surface area contributed by atoms with Crippen molar-refractivity contribution in [1.82, 2.24) is 5.32 Å². The Morgan fingerprint density at radius 1 is 1.17 bits per heavy atom. The Hall–Kier alpha value is -1.32. The molecule has 1 heterocycles. The van der Waals surface area contributed by atoms with E-state index in [1.54, 1.807) is 0 Å². The molecule has 0 saturated carbocycles. The molecule has 2 rings (SSSR count). The molecule has 0 bridgehead atoms. The summed E-state index contributed by atoms with van der Waals surface area (Å²) in [6, 6.07) is 1.21. The van der Waals surface area contributed by atoms with Crippen LogP contribution >= 0.6 is 12.4 Å². The average molecular weight is 373 g/mol. The van der Waals surface area contributed by atoms with Crippen molar-refractivity contribution in [1.29, 1.82) is 0 Å². The Morgan fingerprint density at radius 3 is 2.09 bits per heavy atom. The first-order valence-corrected chi connectivity index (χ1v) is 8.43. The van der Waals surface area contributed by atoms with Gasteiger partial charge in [0.1, 0.15) is 0 Å². The zero-order valence-corrected chi connectivity index (χ0v) is 13.8. The lowest BCUT2D eigenvalue weighted by molar-refractivity contribution is -0.119. The molecule has 1 amide bonds. The van der Waals surface area contributed by atoms with Gasteiger partial charge in [-0.05, 0) is 25.9 Å². The molecule has 1 aromatic carbocycles. The summed E-state index contributed by atoms with van der Waals surface area (Å²) in [4.78, 5) is 12.4. The number of hydrogen-bond donors (Lipinski definition) is 2. The van der Waals surface area contributed by atoms with Gasteiger partial charge in [0.2, 0.25) is 5.91 Å². The highest BCUT2D eigenvalue weighted by atomic mass is 35.5. The van der Waals surface area contributed by atoms with Gasteiger partial charge in [-0.25, -0.2) is 21.6 Å². The fourth-order valence-corrected chi connectivity index (χ4v) is 3.80. The third kappa shape index (κ3) is 3.78. The van der Waals surface area contributed by atoms with Crippen LogP contribution in [0.2, 0.25) is 0 Å². The molecule has 0 aliphatic carbocycles. The number of hydrogen-bond acceptors (Lipinski definition) is 4. The molecule has 130 valence electrons. The predicted octanol–water partition coefficient (Wildman–Crippen LogP) is 1.63. The van der Waals surface area contributed by atoms with E-state index in [1.807, 2.05) is 0 Å². The fourth-order valence-electron chi connectivity index (χ4n) is 2.47. The molecular formula is C13H16ClF3N2O3S. The summed E-state index contributed by atoms with van der Waals surface area (Å²) in [5, 5.41) is 5.12. The van der Waals surface area contributed by atoms with Gasteiger partial charge in [-0.2, -0.15) is 0 Å². The molecule has 5 nitrogen and oxygen atoms in total. The van der Waals surface area contributed by atoms with Crippen molar-refractivity contribution < 1.29 is 26.4 Å². The Labute approximate surface area is 138 Å². The van der Waals surface area contributed by atoms with Crippen molar-refractivity contribution in [2.24, 2.45) is 0 Å². The lowest BCUT2D eigenvalue weighted by atomic mass is 9.95. The van der Waals surface area contributed by atoms with Gasteiger partial charge in [0.05, 0.1) is 0 Å². The van der Waals surface area contributed by atoms with E-state index in [0.717, 1.165) is 6.26 Å². The minimum absolute atomic E-state index is 0. The Morgan fingerprint density at radius 2 is 1.65 bits per heavy atom. The highest BCUT2D eigenvalue weighted by Gasteiger charge is 2.48. The van der Waals surface area contributed by atoms with E-state index in [2.05, 4.69) is 10.6 Å². The molecule has 0 radical (unpaired) electrons. The number of sulfone groups is 1. The molecule has 1 fully saturated rings. The summed E-state index contributed by atoms with van der Waals surface area (Å²) in [6.07, 6.45) is 1.04. The van der Waals surface area contributed by atoms with Crippen LogP contribution in [0.1, 0.15) is 12.8 Å². The number of carbonyl (C=O) groups is 1. The minimum atomic E-state index is -3.75. The van der Waals surface area contributed by atoms with Crippen molar-refractivity contribution in [3.05, 3.63) is 29.6 Å². The number of rotatable bonds is 3. The summed E-state index contributed by atoms with van der Waals surface area (Å²) in [7, 11) is -3.75. The summed E-state index contributed by atoms with van der Waals surface area (Å²) in [6.45, 7) is 0.652. The van der Waals surface area contributed by atoms with Crippen molar-refractivity contribution in [2.45, 2.75) is 17.6 Å². The molecule has 0 aromatic heterocycles. The van der Waals surface area contributed by atoms with E-state index < -0.39 is 37.9 Å². The smallest absolute Gasteiger partial charge is 0.245 e. The number of benzene rings is 1. The van der Waals surface area contributed by atoms with Crippen LogP contribution in [-0.2, 0) is 14.6 Å². The molecule has 1 aliphatic heterocycles. The van der Waals surface area contributed by atoms with Crippen molar-refractivity contribution in [3.63, 3.8) is 0 Å². The van der Waals surface area contributed by atoms with Crippen LogP contribution in [-0.4, -0.2) is 38.4 Å². The molecule has 2 N–H and O–H groups in total. The van der Waals surface area contributed by atoms with Gasteiger partial charge in [-0.15, -0.1) is 12.4 Å². The maximum atomic E-state index is 13.2. The Balaban J connectivity index is 0.00000264. The van der Waals surface area contributed by atoms with Crippen LogP contribution in [0.5, 0.6) is 0 Å². The number of anilines is 1. The maximum Gasteiger partial charge on any atom is 0.245 e. The van der Waals surface area contributed by atoms with E-state index >= 15 is 0 Å².